The van der Waals surface area contributed by atoms with E-state index in [1.165, 1.54) is 0 Å². The van der Waals surface area contributed by atoms with Crippen molar-refractivity contribution >= 4 is 8.32 Å². The van der Waals surface area contributed by atoms with Crippen molar-refractivity contribution in [3.63, 3.8) is 0 Å². The van der Waals surface area contributed by atoms with E-state index in [1.54, 1.807) is 0 Å². The molecule has 4 atom stereocenters. The predicted molar refractivity (Wildman–Crippen MR) is 60.4 cm³/mol. The molecule has 0 rings (SSSR count). The Morgan fingerprint density at radius 1 is 0.938 bits per heavy atom. The first-order valence-electron chi connectivity index (χ1n) is 5.16. The van der Waals surface area contributed by atoms with Gasteiger partial charge in [0.15, 0.2) is 8.32 Å². The van der Waals surface area contributed by atoms with Crippen LogP contribution in [-0.4, -0.2) is 71.5 Å². The second-order valence-corrected chi connectivity index (χ2v) is 9.24. The van der Waals surface area contributed by atoms with Gasteiger partial charge < -0.3 is 30.0 Å². The largest absolute Gasteiger partial charge is 0.415 e. The molecule has 0 saturated heterocycles. The third-order valence-electron chi connectivity index (χ3n) is 2.01. The van der Waals surface area contributed by atoms with E-state index in [-0.39, 0.29) is 6.61 Å². The molecule has 98 valence electrons. The monoisotopic (exact) mass is 254 g/mol. The van der Waals surface area contributed by atoms with Crippen LogP contribution in [0.3, 0.4) is 0 Å². The van der Waals surface area contributed by atoms with Crippen LogP contribution in [0.25, 0.3) is 0 Å². The van der Waals surface area contributed by atoms with Crippen molar-refractivity contribution in [2.75, 3.05) is 13.2 Å². The fraction of sp³-hybridized carbons (Fsp3) is 1.00. The van der Waals surface area contributed by atoms with Gasteiger partial charge in [0.1, 0.15) is 24.4 Å². The summed E-state index contributed by atoms with van der Waals surface area (Å²) < 4.78 is 5.35. The van der Waals surface area contributed by atoms with Crippen LogP contribution in [0.1, 0.15) is 0 Å². The number of hydrogen-bond acceptors (Lipinski definition) is 6. The molecule has 0 bridgehead atoms. The molecule has 0 aliphatic rings. The zero-order valence-corrected chi connectivity index (χ0v) is 10.9. The fourth-order valence-electron chi connectivity index (χ4n) is 0.997. The van der Waals surface area contributed by atoms with Crippen molar-refractivity contribution in [1.82, 2.24) is 0 Å². The minimum Gasteiger partial charge on any atom is -0.415 e. The van der Waals surface area contributed by atoms with Gasteiger partial charge in [-0.15, -0.1) is 0 Å². The van der Waals surface area contributed by atoms with E-state index >= 15 is 0 Å². The summed E-state index contributed by atoms with van der Waals surface area (Å²) in [6.07, 6.45) is -5.90. The zero-order chi connectivity index (χ0) is 12.9. The van der Waals surface area contributed by atoms with E-state index in [1.807, 2.05) is 19.6 Å². The molecule has 0 radical (unpaired) electrons. The molecular formula is C9H22O6Si. The second kappa shape index (κ2) is 6.65. The van der Waals surface area contributed by atoms with Gasteiger partial charge in [-0.25, -0.2) is 0 Å². The topological polar surface area (TPSA) is 110 Å². The molecule has 0 aliphatic heterocycles. The highest BCUT2D eigenvalue weighted by Crippen LogP contribution is 2.09. The average Bonchev–Trinajstić information content (AvgIpc) is 2.21. The van der Waals surface area contributed by atoms with Crippen molar-refractivity contribution in [2.24, 2.45) is 0 Å². The Morgan fingerprint density at radius 3 is 1.75 bits per heavy atom. The van der Waals surface area contributed by atoms with Gasteiger partial charge in [-0.3, -0.25) is 0 Å². The molecule has 7 heteroatoms. The first kappa shape index (κ1) is 16.0. The van der Waals surface area contributed by atoms with Gasteiger partial charge in [0.05, 0.1) is 13.2 Å². The van der Waals surface area contributed by atoms with Crippen LogP contribution in [0.5, 0.6) is 0 Å². The summed E-state index contributed by atoms with van der Waals surface area (Å²) in [5.74, 6) is 0. The maximum absolute atomic E-state index is 9.49. The summed E-state index contributed by atoms with van der Waals surface area (Å²) in [5.41, 5.74) is 0. The molecular weight excluding hydrogens is 232 g/mol. The minimum atomic E-state index is -1.80. The van der Waals surface area contributed by atoms with Gasteiger partial charge in [-0.05, 0) is 19.6 Å². The lowest BCUT2D eigenvalue weighted by atomic mass is 10.0. The molecule has 0 fully saturated rings. The quantitative estimate of drug-likeness (QED) is 0.345. The summed E-state index contributed by atoms with van der Waals surface area (Å²) in [6, 6.07) is 0. The highest BCUT2D eigenvalue weighted by atomic mass is 28.4. The molecule has 0 amide bonds. The van der Waals surface area contributed by atoms with E-state index in [9.17, 15) is 15.3 Å². The molecule has 6 nitrogen and oxygen atoms in total. The van der Waals surface area contributed by atoms with Crippen LogP contribution in [0.4, 0.5) is 0 Å². The van der Waals surface area contributed by atoms with Crippen molar-refractivity contribution in [3.05, 3.63) is 0 Å². The molecule has 0 saturated carbocycles. The first-order chi connectivity index (χ1) is 7.19. The molecule has 0 aromatic rings. The van der Waals surface area contributed by atoms with Crippen LogP contribution in [-0.2, 0) is 4.43 Å². The van der Waals surface area contributed by atoms with Crippen LogP contribution in [0.15, 0.2) is 0 Å². The maximum Gasteiger partial charge on any atom is 0.183 e. The standard InChI is InChI=1S/C9H22O6Si/c1-16(2,3)15-5-7(12)9(14)8(13)6(11)4-10/h6-14H,4-5H2,1-3H3/t6-,7+,8-,9-/m1/s1. The van der Waals surface area contributed by atoms with E-state index in [2.05, 4.69) is 0 Å². The number of hydrogen-bond donors (Lipinski definition) is 5. The third kappa shape index (κ3) is 5.90. The number of rotatable bonds is 7. The van der Waals surface area contributed by atoms with Crippen LogP contribution in [0.2, 0.25) is 19.6 Å². The molecule has 0 unspecified atom stereocenters. The molecule has 0 aliphatic carbocycles. The van der Waals surface area contributed by atoms with E-state index in [0.717, 1.165) is 0 Å². The Balaban J connectivity index is 4.12. The minimum absolute atomic E-state index is 0.105. The Labute approximate surface area is 96.2 Å². The lowest BCUT2D eigenvalue weighted by Gasteiger charge is -2.27. The van der Waals surface area contributed by atoms with Crippen LogP contribution >= 0.6 is 0 Å². The molecule has 0 aromatic heterocycles. The summed E-state index contributed by atoms with van der Waals surface area (Å²) in [4.78, 5) is 0. The highest BCUT2D eigenvalue weighted by molar-refractivity contribution is 6.69. The van der Waals surface area contributed by atoms with Gasteiger partial charge in [0.2, 0.25) is 0 Å². The Hall–Kier alpha value is -0.0231. The smallest absolute Gasteiger partial charge is 0.183 e. The van der Waals surface area contributed by atoms with Crippen LogP contribution in [0, 0.1) is 0 Å². The SMILES string of the molecule is C[Si](C)(C)OC[C@H](O)[C@@H](O)[C@H](O)[C@H](O)CO. The second-order valence-electron chi connectivity index (χ2n) is 4.72. The van der Waals surface area contributed by atoms with Crippen molar-refractivity contribution in [1.29, 1.82) is 0 Å². The van der Waals surface area contributed by atoms with E-state index in [0.29, 0.717) is 0 Å². The molecule has 16 heavy (non-hydrogen) atoms. The third-order valence-corrected chi connectivity index (χ3v) is 3.05. The zero-order valence-electron chi connectivity index (χ0n) is 9.87. The highest BCUT2D eigenvalue weighted by Gasteiger charge is 2.31. The average molecular weight is 254 g/mol. The Kier molecular flexibility index (Phi) is 6.64. The summed E-state index contributed by atoms with van der Waals surface area (Å²) in [6.45, 7) is 4.98. The van der Waals surface area contributed by atoms with Gasteiger partial charge in [-0.1, -0.05) is 0 Å². The van der Waals surface area contributed by atoms with E-state index in [4.69, 9.17) is 14.6 Å². The lowest BCUT2D eigenvalue weighted by Crippen LogP contribution is -2.48. The molecule has 5 N–H and O–H groups in total. The Bertz CT molecular complexity index is 195. The molecule has 0 spiro atoms. The van der Waals surface area contributed by atoms with Crippen molar-refractivity contribution < 1.29 is 30.0 Å². The van der Waals surface area contributed by atoms with Gasteiger partial charge >= 0.3 is 0 Å². The number of aliphatic hydroxyl groups is 5. The molecule has 0 aromatic carbocycles. The van der Waals surface area contributed by atoms with Crippen LogP contribution < -0.4 is 0 Å². The van der Waals surface area contributed by atoms with Gasteiger partial charge in [0.25, 0.3) is 0 Å². The predicted octanol–water partition coefficient (Wildman–Crippen LogP) is -1.73. The summed E-state index contributed by atoms with van der Waals surface area (Å²) in [5, 5.41) is 45.9. The van der Waals surface area contributed by atoms with E-state index < -0.39 is 39.3 Å². The normalized spacial score (nSPS) is 20.2. The fourth-order valence-corrected chi connectivity index (χ4v) is 1.67. The van der Waals surface area contributed by atoms with Crippen molar-refractivity contribution in [2.45, 2.75) is 44.1 Å². The van der Waals surface area contributed by atoms with Crippen molar-refractivity contribution in [3.8, 4) is 0 Å². The summed E-state index contributed by atoms with van der Waals surface area (Å²) >= 11 is 0. The van der Waals surface area contributed by atoms with Gasteiger partial charge in [-0.2, -0.15) is 0 Å². The lowest BCUT2D eigenvalue weighted by molar-refractivity contribution is -0.122. The number of aliphatic hydroxyl groups excluding tert-OH is 5. The van der Waals surface area contributed by atoms with Gasteiger partial charge in [0, 0.05) is 0 Å². The summed E-state index contributed by atoms with van der Waals surface area (Å²) in [7, 11) is -1.80. The maximum atomic E-state index is 9.49. The first-order valence-corrected chi connectivity index (χ1v) is 8.57. The Morgan fingerprint density at radius 2 is 1.38 bits per heavy atom. The molecule has 0 heterocycles.